The molecule has 0 aliphatic carbocycles. The number of H-pyrrole nitrogens is 1. The number of aryl methyl sites for hydroxylation is 1. The van der Waals surface area contributed by atoms with Crippen LogP contribution in [-0.4, -0.2) is 27.5 Å². The van der Waals surface area contributed by atoms with Crippen molar-refractivity contribution in [3.8, 4) is 0 Å². The smallest absolute Gasteiger partial charge is 0.259 e. The summed E-state index contributed by atoms with van der Waals surface area (Å²) in [6.45, 7) is 2.49. The minimum atomic E-state index is -0.286. The molecule has 2 heterocycles. The molecule has 0 amide bonds. The van der Waals surface area contributed by atoms with Crippen molar-refractivity contribution in [2.75, 3.05) is 11.4 Å². The number of nitrogens with one attached hydrogen (secondary N) is 2. The minimum Gasteiger partial charge on any atom is -0.511 e. The van der Waals surface area contributed by atoms with Crippen LogP contribution in [0.5, 0.6) is 0 Å². The van der Waals surface area contributed by atoms with Gasteiger partial charge in [0.05, 0.1) is 16.5 Å². The second-order valence-electron chi connectivity index (χ2n) is 6.34. The van der Waals surface area contributed by atoms with Gasteiger partial charge >= 0.3 is 0 Å². The molecule has 4 rings (SSSR count). The number of amidine groups is 1. The molecule has 1 aromatic heterocycles. The number of hydrogen-bond acceptors (Lipinski definition) is 4. The highest BCUT2D eigenvalue weighted by atomic mass is 16.3. The van der Waals surface area contributed by atoms with E-state index in [0.717, 1.165) is 11.3 Å². The largest absolute Gasteiger partial charge is 0.511 e. The van der Waals surface area contributed by atoms with Crippen molar-refractivity contribution in [1.29, 1.82) is 5.41 Å². The molecule has 3 aromatic rings. The van der Waals surface area contributed by atoms with Crippen LogP contribution in [0.4, 0.5) is 5.69 Å². The second kappa shape index (κ2) is 6.15. The molecule has 6 nitrogen and oxygen atoms in total. The zero-order valence-corrected chi connectivity index (χ0v) is 14.3. The fourth-order valence-electron chi connectivity index (χ4n) is 3.23. The van der Waals surface area contributed by atoms with Gasteiger partial charge in [0.15, 0.2) is 0 Å². The van der Waals surface area contributed by atoms with Crippen LogP contribution in [0.15, 0.2) is 59.1 Å². The summed E-state index contributed by atoms with van der Waals surface area (Å²) in [7, 11) is 0. The maximum atomic E-state index is 12.4. The monoisotopic (exact) mass is 346 g/mol. The topological polar surface area (TPSA) is 93.1 Å². The third-order valence-corrected chi connectivity index (χ3v) is 4.53. The van der Waals surface area contributed by atoms with Gasteiger partial charge in [0.1, 0.15) is 17.4 Å². The highest BCUT2D eigenvalue weighted by Crippen LogP contribution is 2.29. The number of anilines is 1. The van der Waals surface area contributed by atoms with E-state index in [9.17, 15) is 9.90 Å². The molecule has 6 heteroatoms. The highest BCUT2D eigenvalue weighted by molar-refractivity contribution is 6.28. The summed E-state index contributed by atoms with van der Waals surface area (Å²) >= 11 is 0. The molecule has 130 valence electrons. The Kier molecular flexibility index (Phi) is 3.80. The summed E-state index contributed by atoms with van der Waals surface area (Å²) in [5.74, 6) is 0.406. The molecule has 2 aromatic carbocycles. The standard InChI is InChI=1S/C20H18N4O2/c1-12-5-4-6-13(11-12)24-10-9-16(25)17(18(24)21)19-22-15-8-3-2-7-14(15)20(26)23-19/h2-8,11,21,25H,9-10H2,1H3,(H,22,23,26). The molecule has 0 atom stereocenters. The first-order valence-corrected chi connectivity index (χ1v) is 8.39. The number of aromatic amines is 1. The molecule has 26 heavy (non-hydrogen) atoms. The van der Waals surface area contributed by atoms with Crippen molar-refractivity contribution >= 4 is 28.0 Å². The summed E-state index contributed by atoms with van der Waals surface area (Å²) in [4.78, 5) is 21.4. The van der Waals surface area contributed by atoms with Crippen LogP contribution >= 0.6 is 0 Å². The van der Waals surface area contributed by atoms with E-state index in [1.807, 2.05) is 36.1 Å². The van der Waals surface area contributed by atoms with Crippen LogP contribution in [0.1, 0.15) is 17.8 Å². The van der Waals surface area contributed by atoms with E-state index in [-0.39, 0.29) is 28.6 Å². The molecule has 1 aliphatic heterocycles. The Labute approximate surface area is 150 Å². The number of para-hydroxylation sites is 1. The molecule has 1 aliphatic rings. The molecule has 0 fully saturated rings. The van der Waals surface area contributed by atoms with Gasteiger partial charge < -0.3 is 15.0 Å². The van der Waals surface area contributed by atoms with E-state index < -0.39 is 0 Å². The van der Waals surface area contributed by atoms with Crippen molar-refractivity contribution in [1.82, 2.24) is 9.97 Å². The van der Waals surface area contributed by atoms with Crippen molar-refractivity contribution in [3.63, 3.8) is 0 Å². The third-order valence-electron chi connectivity index (χ3n) is 4.53. The van der Waals surface area contributed by atoms with E-state index in [1.165, 1.54) is 0 Å². The van der Waals surface area contributed by atoms with Crippen LogP contribution in [0.25, 0.3) is 16.5 Å². The predicted octanol–water partition coefficient (Wildman–Crippen LogP) is 3.39. The average Bonchev–Trinajstić information content (AvgIpc) is 2.62. The van der Waals surface area contributed by atoms with Gasteiger partial charge in [-0.1, -0.05) is 24.3 Å². The Balaban J connectivity index is 1.82. The molecular weight excluding hydrogens is 328 g/mol. The van der Waals surface area contributed by atoms with Gasteiger partial charge in [-0.15, -0.1) is 0 Å². The van der Waals surface area contributed by atoms with Crippen molar-refractivity contribution < 1.29 is 5.11 Å². The third kappa shape index (κ3) is 2.65. The number of aliphatic hydroxyl groups is 1. The number of hydrogen-bond donors (Lipinski definition) is 3. The minimum absolute atomic E-state index is 0.0670. The SMILES string of the molecule is Cc1cccc(N2CCC(O)=C(c3nc4ccccc4c(=O)[nH]3)C2=N)c1. The Morgan fingerprint density at radius 3 is 2.81 bits per heavy atom. The molecule has 0 saturated heterocycles. The lowest BCUT2D eigenvalue weighted by Crippen LogP contribution is -2.37. The van der Waals surface area contributed by atoms with Crippen molar-refractivity contribution in [2.24, 2.45) is 0 Å². The summed E-state index contributed by atoms with van der Waals surface area (Å²) in [6.07, 6.45) is 0.377. The van der Waals surface area contributed by atoms with Gasteiger partial charge in [-0.3, -0.25) is 10.2 Å². The summed E-state index contributed by atoms with van der Waals surface area (Å²) in [5, 5.41) is 19.5. The Morgan fingerprint density at radius 1 is 1.19 bits per heavy atom. The van der Waals surface area contributed by atoms with E-state index >= 15 is 0 Å². The zero-order chi connectivity index (χ0) is 18.3. The Morgan fingerprint density at radius 2 is 2.00 bits per heavy atom. The maximum Gasteiger partial charge on any atom is 0.259 e. The molecular formula is C20H18N4O2. The van der Waals surface area contributed by atoms with E-state index in [2.05, 4.69) is 9.97 Å². The molecule has 0 spiro atoms. The predicted molar refractivity (Wildman–Crippen MR) is 103 cm³/mol. The van der Waals surface area contributed by atoms with Gasteiger partial charge in [-0.05, 0) is 36.8 Å². The fourth-order valence-corrected chi connectivity index (χ4v) is 3.23. The first kappa shape index (κ1) is 16.1. The molecule has 3 N–H and O–H groups in total. The first-order chi connectivity index (χ1) is 12.5. The summed E-state index contributed by atoms with van der Waals surface area (Å²) in [6, 6.07) is 14.9. The zero-order valence-electron chi connectivity index (χ0n) is 14.3. The number of benzene rings is 2. The first-order valence-electron chi connectivity index (χ1n) is 8.39. The number of fused-ring (bicyclic) bond motifs is 1. The number of nitrogens with zero attached hydrogens (tertiary/aromatic N) is 2. The van der Waals surface area contributed by atoms with Crippen molar-refractivity contribution in [3.05, 3.63) is 76.0 Å². The number of aliphatic hydroxyl groups excluding tert-OH is 1. The van der Waals surface area contributed by atoms with Crippen LogP contribution in [0.3, 0.4) is 0 Å². The van der Waals surface area contributed by atoms with Crippen molar-refractivity contribution in [2.45, 2.75) is 13.3 Å². The van der Waals surface area contributed by atoms with Crippen LogP contribution in [0.2, 0.25) is 0 Å². The summed E-state index contributed by atoms with van der Waals surface area (Å²) < 4.78 is 0. The molecule has 0 bridgehead atoms. The Bertz CT molecular complexity index is 1110. The van der Waals surface area contributed by atoms with Crippen LogP contribution in [-0.2, 0) is 0 Å². The number of rotatable bonds is 2. The van der Waals surface area contributed by atoms with Gasteiger partial charge in [-0.2, -0.15) is 0 Å². The lowest BCUT2D eigenvalue weighted by atomic mass is 10.0. The average molecular weight is 346 g/mol. The molecule has 0 unspecified atom stereocenters. The normalized spacial score (nSPS) is 15.0. The van der Waals surface area contributed by atoms with Gasteiger partial charge in [0.25, 0.3) is 5.56 Å². The quantitative estimate of drug-likeness (QED) is 0.663. The van der Waals surface area contributed by atoms with Crippen LogP contribution in [0, 0.1) is 12.3 Å². The Hall–Kier alpha value is -3.41. The fraction of sp³-hybridized carbons (Fsp3) is 0.150. The van der Waals surface area contributed by atoms with Gasteiger partial charge in [0, 0.05) is 18.7 Å². The molecule has 0 radical (unpaired) electrons. The summed E-state index contributed by atoms with van der Waals surface area (Å²) in [5.41, 5.74) is 2.48. The highest BCUT2D eigenvalue weighted by Gasteiger charge is 2.28. The lowest BCUT2D eigenvalue weighted by molar-refractivity contribution is 0.391. The van der Waals surface area contributed by atoms with E-state index in [1.54, 1.807) is 24.3 Å². The maximum absolute atomic E-state index is 12.4. The number of aromatic nitrogens is 2. The van der Waals surface area contributed by atoms with Gasteiger partial charge in [-0.25, -0.2) is 4.98 Å². The molecule has 0 saturated carbocycles. The lowest BCUT2D eigenvalue weighted by Gasteiger charge is -2.31. The van der Waals surface area contributed by atoms with E-state index in [0.29, 0.717) is 23.9 Å². The second-order valence-corrected chi connectivity index (χ2v) is 6.34. The van der Waals surface area contributed by atoms with Crippen LogP contribution < -0.4 is 10.5 Å². The van der Waals surface area contributed by atoms with E-state index in [4.69, 9.17) is 5.41 Å². The van der Waals surface area contributed by atoms with Gasteiger partial charge in [0.2, 0.25) is 0 Å².